The van der Waals surface area contributed by atoms with E-state index in [0.717, 1.165) is 22.5 Å². The summed E-state index contributed by atoms with van der Waals surface area (Å²) in [4.78, 5) is 34.8. The lowest BCUT2D eigenvalue weighted by Gasteiger charge is -2.35. The zero-order valence-corrected chi connectivity index (χ0v) is 25.6. The largest absolute Gasteiger partial charge is 0.353 e. The topological polar surface area (TPSA) is 95.4 Å². The van der Waals surface area contributed by atoms with Gasteiger partial charge in [-0.15, -0.1) is 0 Å². The van der Waals surface area contributed by atoms with Gasteiger partial charge in [-0.3, -0.25) is 10.1 Å². The van der Waals surface area contributed by atoms with Crippen molar-refractivity contribution in [2.24, 2.45) is 0 Å². The molecule has 0 aliphatic carbocycles. The zero-order valence-electron chi connectivity index (χ0n) is 25.6. The molecule has 4 aromatic rings. The molecule has 1 saturated heterocycles. The summed E-state index contributed by atoms with van der Waals surface area (Å²) in [5, 5.41) is 10.0. The number of pyridine rings is 1. The first-order chi connectivity index (χ1) is 20.9. The number of rotatable bonds is 7. The number of urea groups is 1. The molecule has 0 spiro atoms. The van der Waals surface area contributed by atoms with Crippen molar-refractivity contribution in [3.63, 3.8) is 0 Å². The minimum Gasteiger partial charge on any atom is -0.353 e. The number of carbonyl (C=O) groups excluding carboxylic acids is 2. The Morgan fingerprint density at radius 3 is 2.20 bits per heavy atom. The summed E-state index contributed by atoms with van der Waals surface area (Å²) in [6.45, 7) is 11.0. The second-order valence-electron chi connectivity index (χ2n) is 11.7. The van der Waals surface area contributed by atoms with Crippen LogP contribution >= 0.6 is 0 Å². The first-order valence-electron chi connectivity index (χ1n) is 14.6. The summed E-state index contributed by atoms with van der Waals surface area (Å²) >= 11 is 0. The lowest BCUT2D eigenvalue weighted by molar-refractivity contribution is 0.0669. The van der Waals surface area contributed by atoms with Crippen molar-refractivity contribution < 1.29 is 18.4 Å². The van der Waals surface area contributed by atoms with Gasteiger partial charge in [-0.1, -0.05) is 35.9 Å². The molecule has 5 rings (SSSR count). The Labute approximate surface area is 255 Å². The molecule has 0 bridgehead atoms. The Bertz CT molecular complexity index is 1660. The highest BCUT2D eigenvalue weighted by Gasteiger charge is 2.35. The molecule has 2 N–H and O–H groups in total. The van der Waals surface area contributed by atoms with Crippen LogP contribution in [0.3, 0.4) is 0 Å². The third-order valence-corrected chi connectivity index (χ3v) is 8.02. The fourth-order valence-electron chi connectivity index (χ4n) is 5.03. The number of halogens is 2. The fourth-order valence-corrected chi connectivity index (χ4v) is 5.03. The predicted octanol–water partition coefficient (Wildman–Crippen LogP) is 6.34. The van der Waals surface area contributed by atoms with Crippen molar-refractivity contribution in [2.45, 2.75) is 46.5 Å². The number of anilines is 3. The van der Waals surface area contributed by atoms with Gasteiger partial charge in [0, 0.05) is 37.8 Å². The molecule has 0 atom stereocenters. The monoisotopic (exact) mass is 601 g/mol. The molecule has 2 aromatic carbocycles. The Morgan fingerprint density at radius 1 is 0.886 bits per heavy atom. The van der Waals surface area contributed by atoms with Crippen LogP contribution in [-0.4, -0.2) is 64.2 Å². The molecule has 9 nitrogen and oxygen atoms in total. The van der Waals surface area contributed by atoms with Gasteiger partial charge >= 0.3 is 6.03 Å². The van der Waals surface area contributed by atoms with Crippen LogP contribution in [0.15, 0.2) is 66.7 Å². The maximum absolute atomic E-state index is 13.8. The van der Waals surface area contributed by atoms with Crippen molar-refractivity contribution in [1.29, 1.82) is 0 Å². The molecular formula is C33H37F2N7O2. The lowest BCUT2D eigenvalue weighted by atomic mass is 9.90. The van der Waals surface area contributed by atoms with Crippen LogP contribution in [-0.2, 0) is 5.41 Å². The number of nitrogens with zero attached hydrogens (tertiary/aromatic N) is 5. The Hall–Kier alpha value is -4.80. The van der Waals surface area contributed by atoms with Gasteiger partial charge in [-0.25, -0.2) is 23.2 Å². The summed E-state index contributed by atoms with van der Waals surface area (Å²) in [5.41, 5.74) is 3.11. The number of nitrogens with one attached hydrogen (secondary N) is 2. The summed E-state index contributed by atoms with van der Waals surface area (Å²) < 4.78 is 29.1. The van der Waals surface area contributed by atoms with E-state index in [1.165, 1.54) is 24.6 Å². The average Bonchev–Trinajstić information content (AvgIpc) is 3.43. The van der Waals surface area contributed by atoms with E-state index in [2.05, 4.69) is 20.6 Å². The Kier molecular flexibility index (Phi) is 8.66. The van der Waals surface area contributed by atoms with Crippen LogP contribution in [0.5, 0.6) is 0 Å². The third kappa shape index (κ3) is 6.41. The lowest BCUT2D eigenvalue weighted by Crippen LogP contribution is -2.49. The molecule has 1 aliphatic rings. The molecule has 230 valence electrons. The molecule has 44 heavy (non-hydrogen) atoms. The van der Waals surface area contributed by atoms with E-state index in [-0.39, 0.29) is 17.4 Å². The summed E-state index contributed by atoms with van der Waals surface area (Å²) in [6.07, 6.45) is -2.64. The molecule has 11 heteroatoms. The molecule has 0 unspecified atom stereocenters. The molecule has 0 saturated carbocycles. The van der Waals surface area contributed by atoms with Crippen LogP contribution < -0.4 is 15.5 Å². The maximum atomic E-state index is 13.8. The Morgan fingerprint density at radius 2 is 1.57 bits per heavy atom. The predicted molar refractivity (Wildman–Crippen MR) is 168 cm³/mol. The van der Waals surface area contributed by atoms with Crippen LogP contribution in [0.1, 0.15) is 46.7 Å². The highest BCUT2D eigenvalue weighted by Crippen LogP contribution is 2.32. The van der Waals surface area contributed by atoms with Crippen molar-refractivity contribution in [3.8, 4) is 5.69 Å². The standard InChI is InChI=1S/C33H37F2N7O2/c1-21-10-12-24(13-11-21)42-29(20-27(39-42)33(4,5)31(34)35)38-32(44)37-26-14-15-28(36-23(26)3)40-16-18-41(19-17-40)30(43)25-9-7-6-8-22(25)2/h6-15,20,31H,16-19H2,1-5H3,(H2,37,38,44). The number of aromatic nitrogens is 3. The quantitative estimate of drug-likeness (QED) is 0.258. The number of alkyl halides is 2. The Balaban J connectivity index is 1.26. The molecule has 3 heterocycles. The number of piperazine rings is 1. The number of hydrogen-bond donors (Lipinski definition) is 2. The average molecular weight is 602 g/mol. The van der Waals surface area contributed by atoms with Crippen LogP contribution in [0.2, 0.25) is 0 Å². The van der Waals surface area contributed by atoms with E-state index in [1.54, 1.807) is 13.0 Å². The van der Waals surface area contributed by atoms with Gasteiger partial charge < -0.3 is 15.1 Å². The van der Waals surface area contributed by atoms with E-state index in [4.69, 9.17) is 4.98 Å². The van der Waals surface area contributed by atoms with Gasteiger partial charge in [-0.05, 0) is 70.5 Å². The van der Waals surface area contributed by atoms with Gasteiger partial charge in [-0.2, -0.15) is 5.10 Å². The van der Waals surface area contributed by atoms with Gasteiger partial charge in [0.1, 0.15) is 11.6 Å². The van der Waals surface area contributed by atoms with Crippen molar-refractivity contribution in [2.75, 3.05) is 41.7 Å². The van der Waals surface area contributed by atoms with Crippen molar-refractivity contribution >= 4 is 29.3 Å². The fraction of sp³-hybridized carbons (Fsp3) is 0.333. The molecule has 1 aliphatic heterocycles. The summed E-state index contributed by atoms with van der Waals surface area (Å²) in [5.74, 6) is 1.05. The van der Waals surface area contributed by atoms with Gasteiger partial charge in [0.15, 0.2) is 0 Å². The second-order valence-corrected chi connectivity index (χ2v) is 11.7. The molecule has 2 aromatic heterocycles. The second kappa shape index (κ2) is 12.4. The van der Waals surface area contributed by atoms with Crippen molar-refractivity contribution in [3.05, 3.63) is 94.8 Å². The molecular weight excluding hydrogens is 564 g/mol. The van der Waals surface area contributed by atoms with Crippen LogP contribution in [0.25, 0.3) is 5.69 Å². The minimum atomic E-state index is -2.64. The van der Waals surface area contributed by atoms with Crippen LogP contribution in [0.4, 0.5) is 30.9 Å². The smallest absolute Gasteiger partial charge is 0.324 e. The van der Waals surface area contributed by atoms with Crippen molar-refractivity contribution in [1.82, 2.24) is 19.7 Å². The number of amides is 3. The molecule has 1 fully saturated rings. The van der Waals surface area contributed by atoms with E-state index in [9.17, 15) is 18.4 Å². The highest BCUT2D eigenvalue weighted by atomic mass is 19.3. The first kappa shape index (κ1) is 30.7. The first-order valence-corrected chi connectivity index (χ1v) is 14.6. The normalized spacial score (nSPS) is 13.7. The maximum Gasteiger partial charge on any atom is 0.324 e. The number of hydrogen-bond acceptors (Lipinski definition) is 5. The van der Waals surface area contributed by atoms with Gasteiger partial charge in [0.05, 0.1) is 28.2 Å². The summed E-state index contributed by atoms with van der Waals surface area (Å²) in [7, 11) is 0. The summed E-state index contributed by atoms with van der Waals surface area (Å²) in [6, 6.07) is 19.5. The van der Waals surface area contributed by atoms with Gasteiger partial charge in [0.2, 0.25) is 6.43 Å². The van der Waals surface area contributed by atoms with E-state index < -0.39 is 17.9 Å². The number of carbonyl (C=O) groups is 2. The van der Waals surface area contributed by atoms with E-state index >= 15 is 0 Å². The number of aryl methyl sites for hydroxylation is 3. The molecule has 0 radical (unpaired) electrons. The zero-order chi connectivity index (χ0) is 31.6. The van der Waals surface area contributed by atoms with Gasteiger partial charge in [0.25, 0.3) is 5.91 Å². The number of benzene rings is 2. The van der Waals surface area contributed by atoms with Crippen LogP contribution in [0, 0.1) is 20.8 Å². The van der Waals surface area contributed by atoms with E-state index in [1.807, 2.05) is 73.3 Å². The minimum absolute atomic E-state index is 0.0334. The third-order valence-electron chi connectivity index (χ3n) is 8.02. The highest BCUT2D eigenvalue weighted by molar-refractivity contribution is 6.00. The molecule has 3 amide bonds. The SMILES string of the molecule is Cc1ccc(-n2nc(C(C)(C)C(F)F)cc2NC(=O)Nc2ccc(N3CCN(C(=O)c4ccccc4C)CC3)nc2C)cc1. The van der Waals surface area contributed by atoms with E-state index in [0.29, 0.717) is 43.2 Å².